The summed E-state index contributed by atoms with van der Waals surface area (Å²) in [6, 6.07) is 12.7. The lowest BCUT2D eigenvalue weighted by Crippen LogP contribution is -2.14. The van der Waals surface area contributed by atoms with E-state index in [1.54, 1.807) is 0 Å². The molecular weight excluding hydrogens is 414 g/mol. The topological polar surface area (TPSA) is 127 Å². The van der Waals surface area contributed by atoms with Crippen molar-refractivity contribution in [1.29, 1.82) is 0 Å². The first kappa shape index (κ1) is 20.4. The number of aryl methyl sites for hydroxylation is 1. The molecule has 0 unspecified atom stereocenters. The van der Waals surface area contributed by atoms with Crippen LogP contribution in [0.2, 0.25) is 0 Å². The van der Waals surface area contributed by atoms with Gasteiger partial charge in [-0.1, -0.05) is 41.3 Å². The molecule has 2 aromatic carbocycles. The Bertz CT molecular complexity index is 1050. The molecule has 1 heterocycles. The third-order valence-corrected chi connectivity index (χ3v) is 5.69. The highest BCUT2D eigenvalue weighted by atomic mass is 32.2. The predicted molar refractivity (Wildman–Crippen MR) is 111 cm³/mol. The summed E-state index contributed by atoms with van der Waals surface area (Å²) < 4.78 is 0.531. The number of nitrogens with zero attached hydrogens (tertiary/aromatic N) is 3. The molecule has 29 heavy (non-hydrogen) atoms. The largest absolute Gasteiger partial charge is 0.325 e. The summed E-state index contributed by atoms with van der Waals surface area (Å²) in [6.45, 7) is 1.91. The van der Waals surface area contributed by atoms with Gasteiger partial charge >= 0.3 is 0 Å². The van der Waals surface area contributed by atoms with E-state index >= 15 is 0 Å². The van der Waals surface area contributed by atoms with E-state index in [1.807, 2.05) is 31.2 Å². The number of thioether (sulfide) groups is 1. The molecule has 0 atom stereocenters. The van der Waals surface area contributed by atoms with Crippen molar-refractivity contribution in [2.45, 2.75) is 11.3 Å². The Hall–Kier alpha value is -3.31. The Balaban J connectivity index is 1.52. The second-order valence-corrected chi connectivity index (χ2v) is 7.98. The zero-order valence-electron chi connectivity index (χ0n) is 15.1. The summed E-state index contributed by atoms with van der Waals surface area (Å²) in [5.74, 6) is -0.472. The molecule has 9 nitrogen and oxygen atoms in total. The van der Waals surface area contributed by atoms with Crippen LogP contribution in [0.4, 0.5) is 16.5 Å². The van der Waals surface area contributed by atoms with Crippen molar-refractivity contribution in [3.8, 4) is 0 Å². The van der Waals surface area contributed by atoms with Crippen molar-refractivity contribution in [3.63, 3.8) is 0 Å². The number of carbonyl (C=O) groups is 2. The smallest absolute Gasteiger partial charge is 0.269 e. The van der Waals surface area contributed by atoms with E-state index in [4.69, 9.17) is 0 Å². The fraction of sp³-hybridized carbons (Fsp3) is 0.111. The van der Waals surface area contributed by atoms with E-state index in [0.717, 1.165) is 22.6 Å². The number of hydrogen-bond acceptors (Lipinski definition) is 8. The number of carbonyl (C=O) groups excluding carboxylic acids is 2. The summed E-state index contributed by atoms with van der Waals surface area (Å²) in [6.07, 6.45) is 0. The van der Waals surface area contributed by atoms with E-state index in [9.17, 15) is 19.7 Å². The van der Waals surface area contributed by atoms with Gasteiger partial charge in [-0.25, -0.2) is 0 Å². The molecule has 0 spiro atoms. The molecule has 0 saturated carbocycles. The van der Waals surface area contributed by atoms with Crippen LogP contribution in [0.3, 0.4) is 0 Å². The van der Waals surface area contributed by atoms with Crippen molar-refractivity contribution in [2.75, 3.05) is 16.4 Å². The Kier molecular flexibility index (Phi) is 6.52. The summed E-state index contributed by atoms with van der Waals surface area (Å²) in [4.78, 5) is 34.4. The van der Waals surface area contributed by atoms with E-state index < -0.39 is 10.8 Å². The number of anilines is 2. The predicted octanol–water partition coefficient (Wildman–Crippen LogP) is 3.74. The molecule has 2 amide bonds. The molecule has 0 aliphatic heterocycles. The summed E-state index contributed by atoms with van der Waals surface area (Å²) in [7, 11) is 0. The molecule has 0 aliphatic rings. The lowest BCUT2D eigenvalue weighted by Gasteiger charge is -2.06. The highest BCUT2D eigenvalue weighted by Gasteiger charge is 2.13. The number of nitro benzene ring substituents is 1. The van der Waals surface area contributed by atoms with E-state index in [0.29, 0.717) is 4.34 Å². The van der Waals surface area contributed by atoms with Crippen molar-refractivity contribution < 1.29 is 14.5 Å². The van der Waals surface area contributed by atoms with Gasteiger partial charge < -0.3 is 5.32 Å². The molecule has 2 N–H and O–H groups in total. The lowest BCUT2D eigenvalue weighted by atomic mass is 10.2. The van der Waals surface area contributed by atoms with Gasteiger partial charge in [0.25, 0.3) is 11.6 Å². The second kappa shape index (κ2) is 9.26. The van der Waals surface area contributed by atoms with E-state index in [1.165, 1.54) is 36.0 Å². The van der Waals surface area contributed by atoms with Gasteiger partial charge in [-0.15, -0.1) is 10.2 Å². The molecule has 0 radical (unpaired) electrons. The van der Waals surface area contributed by atoms with Crippen LogP contribution in [-0.2, 0) is 4.79 Å². The minimum atomic E-state index is -0.537. The number of non-ortho nitro benzene ring substituents is 1. The highest BCUT2D eigenvalue weighted by Crippen LogP contribution is 2.26. The van der Waals surface area contributed by atoms with Crippen molar-refractivity contribution in [2.24, 2.45) is 0 Å². The Labute approximate surface area is 173 Å². The van der Waals surface area contributed by atoms with Crippen LogP contribution in [0.15, 0.2) is 52.9 Å². The molecule has 3 aromatic rings. The second-order valence-electron chi connectivity index (χ2n) is 5.78. The van der Waals surface area contributed by atoms with Crippen molar-refractivity contribution in [1.82, 2.24) is 10.2 Å². The molecular formula is C18H15N5O4S2. The van der Waals surface area contributed by atoms with Crippen LogP contribution in [0.25, 0.3) is 0 Å². The minimum Gasteiger partial charge on any atom is -0.325 e. The van der Waals surface area contributed by atoms with Crippen molar-refractivity contribution in [3.05, 3.63) is 69.8 Å². The third-order valence-electron chi connectivity index (χ3n) is 3.71. The highest BCUT2D eigenvalue weighted by molar-refractivity contribution is 8.01. The minimum absolute atomic E-state index is 0.0971. The monoisotopic (exact) mass is 429 g/mol. The number of amides is 2. The number of hydrogen-bond donors (Lipinski definition) is 2. The van der Waals surface area contributed by atoms with Crippen LogP contribution in [0.1, 0.15) is 15.9 Å². The molecule has 11 heteroatoms. The lowest BCUT2D eigenvalue weighted by molar-refractivity contribution is -0.384. The summed E-state index contributed by atoms with van der Waals surface area (Å²) >= 11 is 2.35. The van der Waals surface area contributed by atoms with Gasteiger partial charge in [0.05, 0.1) is 10.7 Å². The quantitative estimate of drug-likeness (QED) is 0.253. The number of nitrogens with one attached hydrogen (secondary N) is 2. The normalized spacial score (nSPS) is 10.4. The molecule has 3 rings (SSSR count). The fourth-order valence-corrected chi connectivity index (χ4v) is 3.80. The molecule has 1 aromatic heterocycles. The first-order chi connectivity index (χ1) is 13.9. The first-order valence-corrected chi connectivity index (χ1v) is 10.1. The fourth-order valence-electron chi connectivity index (χ4n) is 2.25. The third kappa shape index (κ3) is 5.59. The first-order valence-electron chi connectivity index (χ1n) is 8.30. The summed E-state index contributed by atoms with van der Waals surface area (Å²) in [5.41, 5.74) is 1.89. The molecule has 0 saturated heterocycles. The number of rotatable bonds is 7. The van der Waals surface area contributed by atoms with Crippen LogP contribution in [-0.4, -0.2) is 32.7 Å². The van der Waals surface area contributed by atoms with Gasteiger partial charge in [0.1, 0.15) is 0 Å². The van der Waals surface area contributed by atoms with Gasteiger partial charge in [-0.2, -0.15) is 0 Å². The van der Waals surface area contributed by atoms with Crippen LogP contribution in [0, 0.1) is 17.0 Å². The van der Waals surface area contributed by atoms with Crippen LogP contribution in [0.5, 0.6) is 0 Å². The van der Waals surface area contributed by atoms with Gasteiger partial charge in [0.2, 0.25) is 11.0 Å². The zero-order chi connectivity index (χ0) is 20.8. The van der Waals surface area contributed by atoms with Gasteiger partial charge in [-0.3, -0.25) is 25.0 Å². The van der Waals surface area contributed by atoms with E-state index in [2.05, 4.69) is 20.8 Å². The molecule has 0 aliphatic carbocycles. The standard InChI is InChI=1S/C18H15N5O4S2/c1-11-4-2-3-5-14(11)19-15(24)10-28-18-22-21-17(29-18)20-16(25)12-6-8-13(9-7-12)23(26)27/h2-9H,10H2,1H3,(H,19,24)(H,20,21,25). The maximum Gasteiger partial charge on any atom is 0.269 e. The number of benzene rings is 2. The molecule has 0 bridgehead atoms. The zero-order valence-corrected chi connectivity index (χ0v) is 16.8. The summed E-state index contributed by atoms with van der Waals surface area (Å²) in [5, 5.41) is 24.2. The average Bonchev–Trinajstić information content (AvgIpc) is 3.15. The SMILES string of the molecule is Cc1ccccc1NC(=O)CSc1nnc(NC(=O)c2ccc([N+](=O)[O-])cc2)s1. The number of aromatic nitrogens is 2. The Morgan fingerprint density at radius 1 is 1.10 bits per heavy atom. The maximum atomic E-state index is 12.2. The Morgan fingerprint density at radius 2 is 1.83 bits per heavy atom. The molecule has 148 valence electrons. The molecule has 0 fully saturated rings. The number of para-hydroxylation sites is 1. The number of nitro groups is 1. The van der Waals surface area contributed by atoms with Crippen molar-refractivity contribution >= 4 is 51.4 Å². The van der Waals surface area contributed by atoms with Crippen LogP contribution >= 0.6 is 23.1 Å². The van der Waals surface area contributed by atoms with Gasteiger partial charge in [0.15, 0.2) is 4.34 Å². The Morgan fingerprint density at radius 3 is 2.52 bits per heavy atom. The van der Waals surface area contributed by atoms with Gasteiger partial charge in [-0.05, 0) is 30.7 Å². The van der Waals surface area contributed by atoms with Crippen LogP contribution < -0.4 is 10.6 Å². The van der Waals surface area contributed by atoms with Gasteiger partial charge in [0, 0.05) is 23.4 Å². The van der Waals surface area contributed by atoms with E-state index in [-0.39, 0.29) is 28.0 Å². The average molecular weight is 429 g/mol. The maximum absolute atomic E-state index is 12.2.